The van der Waals surface area contributed by atoms with Gasteiger partial charge in [-0.15, -0.1) is 0 Å². The van der Waals surface area contributed by atoms with Crippen LogP contribution in [-0.4, -0.2) is 51.7 Å². The molecule has 3 rings (SSSR count). The van der Waals surface area contributed by atoms with Crippen molar-refractivity contribution in [3.63, 3.8) is 0 Å². The van der Waals surface area contributed by atoms with E-state index in [1.165, 1.54) is 0 Å². The zero-order chi connectivity index (χ0) is 16.6. The van der Waals surface area contributed by atoms with Gasteiger partial charge in [0.25, 0.3) is 0 Å². The van der Waals surface area contributed by atoms with E-state index in [0.717, 1.165) is 10.9 Å². The number of carboxylic acid groups (broad SMARTS) is 1. The van der Waals surface area contributed by atoms with Gasteiger partial charge in [-0.1, -0.05) is 17.7 Å². The fourth-order valence-electron chi connectivity index (χ4n) is 2.83. The maximum absolute atomic E-state index is 12.5. The molecule has 0 radical (unpaired) electrons. The van der Waals surface area contributed by atoms with Crippen LogP contribution in [0.4, 0.5) is 0 Å². The van der Waals surface area contributed by atoms with Crippen molar-refractivity contribution in [2.45, 2.75) is 25.7 Å². The minimum absolute atomic E-state index is 0.0679. The average molecular weight is 337 g/mol. The van der Waals surface area contributed by atoms with Crippen LogP contribution in [0.1, 0.15) is 6.92 Å². The molecule has 0 saturated carbocycles. The van der Waals surface area contributed by atoms with Gasteiger partial charge in [0.1, 0.15) is 6.54 Å². The lowest BCUT2D eigenvalue weighted by Crippen LogP contribution is -2.52. The first-order chi connectivity index (χ1) is 10.9. The van der Waals surface area contributed by atoms with Gasteiger partial charge in [0.05, 0.1) is 12.6 Å². The van der Waals surface area contributed by atoms with Crippen LogP contribution in [0.15, 0.2) is 30.5 Å². The van der Waals surface area contributed by atoms with Gasteiger partial charge in [0, 0.05) is 23.3 Å². The summed E-state index contributed by atoms with van der Waals surface area (Å²) >= 11 is 6.02. The zero-order valence-corrected chi connectivity index (χ0v) is 13.4. The first kappa shape index (κ1) is 15.8. The Bertz CT molecular complexity index is 758. The number of rotatable bonds is 3. The van der Waals surface area contributed by atoms with E-state index >= 15 is 0 Å². The van der Waals surface area contributed by atoms with E-state index in [-0.39, 0.29) is 25.1 Å². The first-order valence-corrected chi connectivity index (χ1v) is 7.72. The summed E-state index contributed by atoms with van der Waals surface area (Å²) in [7, 11) is 0. The van der Waals surface area contributed by atoms with Gasteiger partial charge in [-0.2, -0.15) is 0 Å². The van der Waals surface area contributed by atoms with E-state index in [0.29, 0.717) is 11.6 Å². The third-order valence-corrected chi connectivity index (χ3v) is 4.17. The highest BCUT2D eigenvalue weighted by Crippen LogP contribution is 2.21. The van der Waals surface area contributed by atoms with Crippen molar-refractivity contribution in [1.29, 1.82) is 0 Å². The van der Waals surface area contributed by atoms with E-state index in [4.69, 9.17) is 21.4 Å². The van der Waals surface area contributed by atoms with Crippen molar-refractivity contribution in [3.05, 3.63) is 35.5 Å². The van der Waals surface area contributed by atoms with Crippen LogP contribution in [0.5, 0.6) is 0 Å². The van der Waals surface area contributed by atoms with E-state index < -0.39 is 12.1 Å². The van der Waals surface area contributed by atoms with Crippen LogP contribution < -0.4 is 0 Å². The number of carbonyl (C=O) groups is 2. The molecular weight excluding hydrogens is 320 g/mol. The number of aromatic nitrogens is 1. The van der Waals surface area contributed by atoms with Crippen LogP contribution in [0.2, 0.25) is 5.02 Å². The Labute approximate surface area is 138 Å². The lowest BCUT2D eigenvalue weighted by molar-refractivity contribution is -0.166. The largest absolute Gasteiger partial charge is 0.479 e. The SMILES string of the molecule is C[C@@H]1CN(C(=O)Cn2ccc3ccc(Cl)cc32)CC(C(=O)O)O1. The van der Waals surface area contributed by atoms with Crippen LogP contribution in [0.3, 0.4) is 0 Å². The molecule has 1 fully saturated rings. The number of carboxylic acids is 1. The number of halogens is 1. The third kappa shape index (κ3) is 3.33. The normalized spacial score (nSPS) is 21.6. The van der Waals surface area contributed by atoms with Gasteiger partial charge in [-0.25, -0.2) is 4.79 Å². The summed E-state index contributed by atoms with van der Waals surface area (Å²) in [5.74, 6) is -1.18. The molecule has 1 aromatic carbocycles. The molecule has 0 bridgehead atoms. The summed E-state index contributed by atoms with van der Waals surface area (Å²) in [4.78, 5) is 25.2. The minimum Gasteiger partial charge on any atom is -0.479 e. The van der Waals surface area contributed by atoms with Crippen molar-refractivity contribution >= 4 is 34.4 Å². The molecule has 2 aromatic rings. The van der Waals surface area contributed by atoms with Crippen LogP contribution in [-0.2, 0) is 20.9 Å². The standard InChI is InChI=1S/C16H17ClN2O4/c1-10-7-19(8-14(23-10)16(21)22)15(20)9-18-5-4-11-2-3-12(17)6-13(11)18/h2-6,10,14H,7-9H2,1H3,(H,21,22)/t10-,14?/m1/s1. The highest BCUT2D eigenvalue weighted by atomic mass is 35.5. The highest BCUT2D eigenvalue weighted by molar-refractivity contribution is 6.31. The van der Waals surface area contributed by atoms with Crippen LogP contribution in [0.25, 0.3) is 10.9 Å². The van der Waals surface area contributed by atoms with Gasteiger partial charge in [0.2, 0.25) is 5.91 Å². The number of amides is 1. The topological polar surface area (TPSA) is 71.8 Å². The number of nitrogens with zero attached hydrogens (tertiary/aromatic N) is 2. The fraction of sp³-hybridized carbons (Fsp3) is 0.375. The summed E-state index contributed by atoms with van der Waals surface area (Å²) in [5, 5.41) is 10.7. The average Bonchev–Trinajstić information content (AvgIpc) is 2.89. The van der Waals surface area contributed by atoms with Crippen LogP contribution >= 0.6 is 11.6 Å². The number of benzene rings is 1. The van der Waals surface area contributed by atoms with E-state index in [1.807, 2.05) is 29.0 Å². The summed E-state index contributed by atoms with van der Waals surface area (Å²) in [6.45, 7) is 2.37. The van der Waals surface area contributed by atoms with Crippen molar-refractivity contribution in [2.24, 2.45) is 0 Å². The molecule has 1 amide bonds. The summed E-state index contributed by atoms with van der Waals surface area (Å²) in [5.41, 5.74) is 0.877. The molecule has 1 unspecified atom stereocenters. The van der Waals surface area contributed by atoms with Crippen LogP contribution in [0, 0.1) is 0 Å². The van der Waals surface area contributed by atoms with Crippen molar-refractivity contribution in [3.8, 4) is 0 Å². The molecule has 1 aromatic heterocycles. The van der Waals surface area contributed by atoms with Crippen molar-refractivity contribution in [2.75, 3.05) is 13.1 Å². The number of hydrogen-bond donors (Lipinski definition) is 1. The summed E-state index contributed by atoms with van der Waals surface area (Å²) < 4.78 is 7.15. The Morgan fingerprint density at radius 2 is 2.13 bits per heavy atom. The molecule has 6 nitrogen and oxygen atoms in total. The van der Waals surface area contributed by atoms with Gasteiger partial charge in [-0.05, 0) is 30.5 Å². The summed E-state index contributed by atoms with van der Waals surface area (Å²) in [6, 6.07) is 7.43. The minimum atomic E-state index is -1.05. The number of hydrogen-bond acceptors (Lipinski definition) is 3. The molecular formula is C16H17ClN2O4. The molecule has 2 atom stereocenters. The second-order valence-electron chi connectivity index (χ2n) is 5.72. The number of ether oxygens (including phenoxy) is 1. The molecule has 1 saturated heterocycles. The Morgan fingerprint density at radius 1 is 1.35 bits per heavy atom. The van der Waals surface area contributed by atoms with Crippen molar-refractivity contribution in [1.82, 2.24) is 9.47 Å². The molecule has 1 N–H and O–H groups in total. The van der Waals surface area contributed by atoms with E-state index in [9.17, 15) is 9.59 Å². The Hall–Kier alpha value is -2.05. The molecule has 1 aliphatic heterocycles. The van der Waals surface area contributed by atoms with Crippen molar-refractivity contribution < 1.29 is 19.4 Å². The second-order valence-corrected chi connectivity index (χ2v) is 6.16. The highest BCUT2D eigenvalue weighted by Gasteiger charge is 2.32. The smallest absolute Gasteiger partial charge is 0.334 e. The van der Waals surface area contributed by atoms with Gasteiger partial charge < -0.3 is 19.3 Å². The first-order valence-electron chi connectivity index (χ1n) is 7.34. The predicted octanol–water partition coefficient (Wildman–Crippen LogP) is 2.00. The molecule has 1 aliphatic rings. The number of morpholine rings is 1. The molecule has 0 spiro atoms. The number of aliphatic carboxylic acids is 1. The molecule has 2 heterocycles. The molecule has 122 valence electrons. The lowest BCUT2D eigenvalue weighted by Gasteiger charge is -2.35. The lowest BCUT2D eigenvalue weighted by atomic mass is 10.2. The van der Waals surface area contributed by atoms with E-state index in [2.05, 4.69) is 0 Å². The molecule has 0 aliphatic carbocycles. The molecule has 23 heavy (non-hydrogen) atoms. The summed E-state index contributed by atoms with van der Waals surface area (Å²) in [6.07, 6.45) is 0.556. The van der Waals surface area contributed by atoms with E-state index in [1.54, 1.807) is 17.9 Å². The van der Waals surface area contributed by atoms with Gasteiger partial charge >= 0.3 is 5.97 Å². The Kier molecular flexibility index (Phi) is 4.28. The molecule has 7 heteroatoms. The zero-order valence-electron chi connectivity index (χ0n) is 12.6. The quantitative estimate of drug-likeness (QED) is 0.930. The fourth-order valence-corrected chi connectivity index (χ4v) is 3.00. The maximum atomic E-state index is 12.5. The number of carbonyl (C=O) groups excluding carboxylic acids is 1. The maximum Gasteiger partial charge on any atom is 0.334 e. The van der Waals surface area contributed by atoms with Gasteiger partial charge in [0.15, 0.2) is 6.10 Å². The Morgan fingerprint density at radius 3 is 2.87 bits per heavy atom. The predicted molar refractivity (Wildman–Crippen MR) is 85.5 cm³/mol. The monoisotopic (exact) mass is 336 g/mol. The van der Waals surface area contributed by atoms with Gasteiger partial charge in [-0.3, -0.25) is 4.79 Å². The second kappa shape index (κ2) is 6.22. The Balaban J connectivity index is 1.77. The third-order valence-electron chi connectivity index (χ3n) is 3.93. The number of fused-ring (bicyclic) bond motifs is 1.